The summed E-state index contributed by atoms with van der Waals surface area (Å²) in [5.74, 6) is 0.516. The second kappa shape index (κ2) is 4.69. The molecule has 3 saturated heterocycles. The normalized spacial score (nSPS) is 37.4. The van der Waals surface area contributed by atoms with Crippen LogP contribution in [-0.4, -0.2) is 60.9 Å². The molecular formula is C11H20N2O3. The van der Waals surface area contributed by atoms with E-state index in [9.17, 15) is 9.90 Å². The molecular weight excluding hydrogens is 208 g/mol. The monoisotopic (exact) mass is 228 g/mol. The Bertz CT molecular complexity index is 272. The van der Waals surface area contributed by atoms with Crippen LogP contribution in [0.1, 0.15) is 12.8 Å². The molecule has 3 aliphatic heterocycles. The van der Waals surface area contributed by atoms with Gasteiger partial charge in [0.2, 0.25) is 0 Å². The number of hydroxylamine groups is 2. The van der Waals surface area contributed by atoms with E-state index in [0.29, 0.717) is 5.92 Å². The molecule has 3 fully saturated rings. The van der Waals surface area contributed by atoms with Gasteiger partial charge in [0.15, 0.2) is 0 Å². The maximum atomic E-state index is 12.0. The molecule has 0 saturated carbocycles. The molecule has 0 radical (unpaired) electrons. The van der Waals surface area contributed by atoms with Crippen molar-refractivity contribution < 1.29 is 14.7 Å². The summed E-state index contributed by atoms with van der Waals surface area (Å²) in [6.07, 6.45) is 1.99. The number of aliphatic hydroxyl groups excluding tert-OH is 1. The van der Waals surface area contributed by atoms with Gasteiger partial charge in [-0.05, 0) is 25.3 Å². The summed E-state index contributed by atoms with van der Waals surface area (Å²) in [6.45, 7) is 1.98. The quantitative estimate of drug-likeness (QED) is 0.674. The van der Waals surface area contributed by atoms with Gasteiger partial charge < -0.3 is 5.11 Å². The standard InChI is InChI=1S/C11H20N2O3/c1-12(16-2)11(15)10-6-13-4-3-8(10)5-9(13)7-14/h8-10,14H,3-7H2,1-2H3/t8-,9+,10-/m0/s1. The van der Waals surface area contributed by atoms with Gasteiger partial charge >= 0.3 is 0 Å². The molecule has 3 rings (SSSR count). The Labute approximate surface area is 95.9 Å². The first-order chi connectivity index (χ1) is 7.67. The van der Waals surface area contributed by atoms with E-state index in [1.165, 1.54) is 12.2 Å². The lowest BCUT2D eigenvalue weighted by Crippen LogP contribution is -2.58. The van der Waals surface area contributed by atoms with Crippen LogP contribution in [0.2, 0.25) is 0 Å². The second-order valence-electron chi connectivity index (χ2n) is 4.74. The molecule has 0 aromatic carbocycles. The van der Waals surface area contributed by atoms with Gasteiger partial charge in [0.05, 0.1) is 19.6 Å². The maximum absolute atomic E-state index is 12.0. The largest absolute Gasteiger partial charge is 0.395 e. The van der Waals surface area contributed by atoms with Crippen molar-refractivity contribution >= 4 is 5.91 Å². The number of fused-ring (bicyclic) bond motifs is 3. The average Bonchev–Trinajstić information content (AvgIpc) is 2.37. The van der Waals surface area contributed by atoms with Crippen LogP contribution in [0.4, 0.5) is 0 Å². The van der Waals surface area contributed by atoms with E-state index in [1.54, 1.807) is 7.05 Å². The number of rotatable bonds is 3. The van der Waals surface area contributed by atoms with E-state index in [1.807, 2.05) is 0 Å². The van der Waals surface area contributed by atoms with Crippen LogP contribution in [-0.2, 0) is 9.63 Å². The summed E-state index contributed by atoms with van der Waals surface area (Å²) >= 11 is 0. The lowest BCUT2D eigenvalue weighted by molar-refractivity contribution is -0.181. The van der Waals surface area contributed by atoms with Crippen molar-refractivity contribution in [1.29, 1.82) is 0 Å². The van der Waals surface area contributed by atoms with Crippen LogP contribution in [0, 0.1) is 11.8 Å². The summed E-state index contributed by atoms with van der Waals surface area (Å²) < 4.78 is 0. The van der Waals surface area contributed by atoms with Gasteiger partial charge in [-0.25, -0.2) is 5.06 Å². The van der Waals surface area contributed by atoms with Crippen LogP contribution in [0.3, 0.4) is 0 Å². The van der Waals surface area contributed by atoms with Gasteiger partial charge in [-0.15, -0.1) is 0 Å². The number of carbonyl (C=O) groups is 1. The van der Waals surface area contributed by atoms with Crippen LogP contribution in [0.5, 0.6) is 0 Å². The first kappa shape index (κ1) is 11.8. The van der Waals surface area contributed by atoms with Gasteiger partial charge in [0, 0.05) is 19.6 Å². The smallest absolute Gasteiger partial charge is 0.250 e. The van der Waals surface area contributed by atoms with Gasteiger partial charge in [-0.3, -0.25) is 14.5 Å². The Balaban J connectivity index is 2.02. The van der Waals surface area contributed by atoms with E-state index < -0.39 is 0 Å². The number of amides is 1. The molecule has 1 N–H and O–H groups in total. The van der Waals surface area contributed by atoms with Crippen molar-refractivity contribution in [1.82, 2.24) is 9.96 Å². The van der Waals surface area contributed by atoms with Crippen LogP contribution in [0.15, 0.2) is 0 Å². The van der Waals surface area contributed by atoms with Crippen molar-refractivity contribution in [3.63, 3.8) is 0 Å². The summed E-state index contributed by atoms with van der Waals surface area (Å²) in [6, 6.07) is 0.260. The number of piperidine rings is 3. The average molecular weight is 228 g/mol. The second-order valence-corrected chi connectivity index (χ2v) is 4.74. The van der Waals surface area contributed by atoms with Gasteiger partial charge in [-0.2, -0.15) is 0 Å². The first-order valence-corrected chi connectivity index (χ1v) is 5.84. The van der Waals surface area contributed by atoms with E-state index in [4.69, 9.17) is 4.84 Å². The molecule has 0 aromatic rings. The highest BCUT2D eigenvalue weighted by atomic mass is 16.7. The molecule has 0 aromatic heterocycles. The van der Waals surface area contributed by atoms with Crippen molar-refractivity contribution in [3.8, 4) is 0 Å². The summed E-state index contributed by atoms with van der Waals surface area (Å²) in [7, 11) is 3.17. The fourth-order valence-corrected chi connectivity index (χ4v) is 2.93. The summed E-state index contributed by atoms with van der Waals surface area (Å²) in [5, 5.41) is 10.6. The molecule has 1 amide bonds. The third-order valence-corrected chi connectivity index (χ3v) is 3.99. The molecule has 16 heavy (non-hydrogen) atoms. The molecule has 2 bridgehead atoms. The topological polar surface area (TPSA) is 53.0 Å². The van der Waals surface area contributed by atoms with E-state index >= 15 is 0 Å². The van der Waals surface area contributed by atoms with E-state index in [0.717, 1.165) is 25.9 Å². The molecule has 5 heteroatoms. The molecule has 1 unspecified atom stereocenters. The van der Waals surface area contributed by atoms with E-state index in [2.05, 4.69) is 4.90 Å². The van der Waals surface area contributed by atoms with Gasteiger partial charge in [0.1, 0.15) is 0 Å². The third-order valence-electron chi connectivity index (χ3n) is 3.99. The lowest BCUT2D eigenvalue weighted by Gasteiger charge is -2.49. The zero-order chi connectivity index (χ0) is 11.7. The highest BCUT2D eigenvalue weighted by Crippen LogP contribution is 2.36. The Hall–Kier alpha value is -0.650. The molecule has 4 atom stereocenters. The molecule has 0 spiro atoms. The Morgan fingerprint density at radius 2 is 2.38 bits per heavy atom. The van der Waals surface area contributed by atoms with Crippen LogP contribution in [0.25, 0.3) is 0 Å². The predicted octanol–water partition coefficient (Wildman–Crippen LogP) is -0.291. The first-order valence-electron chi connectivity index (χ1n) is 5.84. The maximum Gasteiger partial charge on any atom is 0.250 e. The number of aliphatic hydroxyl groups is 1. The molecule has 92 valence electrons. The van der Waals surface area contributed by atoms with Gasteiger partial charge in [0.25, 0.3) is 5.91 Å². The molecule has 3 aliphatic rings. The highest BCUT2D eigenvalue weighted by Gasteiger charge is 2.43. The van der Waals surface area contributed by atoms with Crippen molar-refractivity contribution in [2.45, 2.75) is 18.9 Å². The Morgan fingerprint density at radius 1 is 1.62 bits per heavy atom. The van der Waals surface area contributed by atoms with Crippen LogP contribution < -0.4 is 0 Å². The number of hydrogen-bond acceptors (Lipinski definition) is 4. The Morgan fingerprint density at radius 3 is 2.88 bits per heavy atom. The van der Waals surface area contributed by atoms with Crippen LogP contribution >= 0.6 is 0 Å². The zero-order valence-corrected chi connectivity index (χ0v) is 9.93. The number of carbonyl (C=O) groups excluding carboxylic acids is 1. The number of nitrogens with zero attached hydrogens (tertiary/aromatic N) is 2. The predicted molar refractivity (Wildman–Crippen MR) is 58.4 cm³/mol. The minimum Gasteiger partial charge on any atom is -0.395 e. The molecule has 3 heterocycles. The SMILES string of the molecule is CON(C)C(=O)[C@H]1CN2CC[C@H]1C[C@@H]2CO. The van der Waals surface area contributed by atoms with Crippen molar-refractivity contribution in [2.24, 2.45) is 11.8 Å². The van der Waals surface area contributed by atoms with Gasteiger partial charge in [-0.1, -0.05) is 0 Å². The number of hydrogen-bond donors (Lipinski definition) is 1. The summed E-state index contributed by atoms with van der Waals surface area (Å²) in [5.41, 5.74) is 0. The fraction of sp³-hybridized carbons (Fsp3) is 0.909. The minimum atomic E-state index is 0.0431. The lowest BCUT2D eigenvalue weighted by atomic mass is 9.75. The third kappa shape index (κ3) is 1.95. The zero-order valence-electron chi connectivity index (χ0n) is 9.93. The minimum absolute atomic E-state index is 0.0431. The fourth-order valence-electron chi connectivity index (χ4n) is 2.93. The highest BCUT2D eigenvalue weighted by molar-refractivity contribution is 5.78. The van der Waals surface area contributed by atoms with Crippen molar-refractivity contribution in [2.75, 3.05) is 33.9 Å². The molecule has 0 aliphatic carbocycles. The van der Waals surface area contributed by atoms with E-state index in [-0.39, 0.29) is 24.5 Å². The Kier molecular flexibility index (Phi) is 3.47. The van der Waals surface area contributed by atoms with Crippen molar-refractivity contribution in [3.05, 3.63) is 0 Å². The molecule has 5 nitrogen and oxygen atoms in total. The summed E-state index contributed by atoms with van der Waals surface area (Å²) in [4.78, 5) is 19.2.